The summed E-state index contributed by atoms with van der Waals surface area (Å²) in [4.78, 5) is 23.6. The van der Waals surface area contributed by atoms with Crippen LogP contribution in [-0.2, 0) is 6.42 Å². The summed E-state index contributed by atoms with van der Waals surface area (Å²) < 4.78 is 0. The van der Waals surface area contributed by atoms with Crippen LogP contribution < -0.4 is 11.5 Å². The molecule has 3 rings (SSSR count). The summed E-state index contributed by atoms with van der Waals surface area (Å²) >= 11 is 0. The lowest BCUT2D eigenvalue weighted by Crippen LogP contribution is -2.24. The first-order valence-corrected chi connectivity index (χ1v) is 8.67. The number of fused-ring (bicyclic) bond motifs is 1. The highest BCUT2D eigenvalue weighted by Crippen LogP contribution is 2.21. The molecule has 27 heavy (non-hydrogen) atoms. The van der Waals surface area contributed by atoms with Crippen LogP contribution in [0.25, 0.3) is 10.8 Å². The molecule has 3 aromatic rings. The molecule has 0 fully saturated rings. The maximum Gasteiger partial charge on any atom is 0.269 e. The number of benzene rings is 2. The Balaban J connectivity index is 1.55. The zero-order valence-corrected chi connectivity index (χ0v) is 14.8. The molecule has 7 nitrogen and oxygen atoms in total. The van der Waals surface area contributed by atoms with E-state index in [-0.39, 0.29) is 23.0 Å². The molecule has 0 atom stereocenters. The van der Waals surface area contributed by atoms with Gasteiger partial charge in [0, 0.05) is 18.9 Å². The molecular formula is C20H21N5O2. The molecule has 5 N–H and O–H groups in total. The molecule has 0 aliphatic rings. The fraction of sp³-hybridized carbons (Fsp3) is 0.200. The first-order valence-electron chi connectivity index (χ1n) is 8.67. The van der Waals surface area contributed by atoms with Crippen molar-refractivity contribution in [1.82, 2.24) is 9.97 Å². The van der Waals surface area contributed by atoms with Gasteiger partial charge in [-0.15, -0.1) is 0 Å². The number of primary amides is 1. The van der Waals surface area contributed by atoms with Crippen molar-refractivity contribution in [2.75, 3.05) is 6.54 Å². The van der Waals surface area contributed by atoms with Crippen LogP contribution in [0.15, 0.2) is 53.8 Å². The molecule has 0 unspecified atom stereocenters. The summed E-state index contributed by atoms with van der Waals surface area (Å²) in [6.07, 6.45) is 5.55. The normalized spacial score (nSPS) is 11.6. The van der Waals surface area contributed by atoms with Gasteiger partial charge in [0.05, 0.1) is 0 Å². The van der Waals surface area contributed by atoms with E-state index >= 15 is 0 Å². The summed E-state index contributed by atoms with van der Waals surface area (Å²) in [7, 11) is 0. The Hall–Kier alpha value is -3.48. The van der Waals surface area contributed by atoms with Crippen LogP contribution in [0.5, 0.6) is 5.75 Å². The van der Waals surface area contributed by atoms with E-state index in [0.717, 1.165) is 30.0 Å². The van der Waals surface area contributed by atoms with Crippen LogP contribution in [0.1, 0.15) is 34.6 Å². The maximum absolute atomic E-state index is 11.4. The number of rotatable bonds is 7. The largest absolute Gasteiger partial charge is 0.508 e. The van der Waals surface area contributed by atoms with Gasteiger partial charge in [-0.3, -0.25) is 9.79 Å². The number of nitrogens with zero attached hydrogens (tertiary/aromatic N) is 3. The zero-order valence-electron chi connectivity index (χ0n) is 14.8. The second kappa shape index (κ2) is 8.27. The lowest BCUT2D eigenvalue weighted by molar-refractivity contribution is 0.0995. The van der Waals surface area contributed by atoms with Gasteiger partial charge in [0.25, 0.3) is 5.91 Å². The third-order valence-corrected chi connectivity index (χ3v) is 4.22. The van der Waals surface area contributed by atoms with E-state index in [1.807, 2.05) is 12.1 Å². The number of aliphatic imine (C=N–C) groups is 1. The Labute approximate surface area is 156 Å². The van der Waals surface area contributed by atoms with E-state index in [0.29, 0.717) is 6.54 Å². The Morgan fingerprint density at radius 2 is 1.67 bits per heavy atom. The van der Waals surface area contributed by atoms with Crippen molar-refractivity contribution in [3.05, 3.63) is 65.7 Å². The summed E-state index contributed by atoms with van der Waals surface area (Å²) in [5, 5.41) is 11.6. The fourth-order valence-corrected chi connectivity index (χ4v) is 2.86. The Morgan fingerprint density at radius 3 is 2.44 bits per heavy atom. The molecule has 0 radical (unpaired) electrons. The average molecular weight is 363 g/mol. The lowest BCUT2D eigenvalue weighted by atomic mass is 10.0. The molecule has 138 valence electrons. The number of carbonyl (C=O) groups is 1. The van der Waals surface area contributed by atoms with E-state index in [9.17, 15) is 9.90 Å². The van der Waals surface area contributed by atoms with Crippen LogP contribution in [0.2, 0.25) is 0 Å². The maximum atomic E-state index is 11.4. The molecule has 0 saturated carbocycles. The van der Waals surface area contributed by atoms with Crippen molar-refractivity contribution in [3.63, 3.8) is 0 Å². The zero-order chi connectivity index (χ0) is 19.2. The number of nitrogens with two attached hydrogens (primary N) is 2. The number of aromatic nitrogens is 2. The Morgan fingerprint density at radius 1 is 0.963 bits per heavy atom. The molecule has 1 aromatic heterocycles. The smallest absolute Gasteiger partial charge is 0.269 e. The Bertz CT molecular complexity index is 1000. The van der Waals surface area contributed by atoms with Gasteiger partial charge in [0.15, 0.2) is 5.69 Å². The summed E-state index contributed by atoms with van der Waals surface area (Å²) in [6.45, 7) is 0.530. The first-order chi connectivity index (χ1) is 13.0. The van der Waals surface area contributed by atoms with Crippen LogP contribution in [0.4, 0.5) is 0 Å². The standard InChI is InChI=1S/C20H21N5O2/c21-19(17-18(20(22)27)24-10-9-23-17)25-8-2-1-3-13-4-5-15-12-16(26)7-6-14(15)11-13/h4-7,9-12,26H,1-3,8H2,(H2,21,25)(H2,22,27). The van der Waals surface area contributed by atoms with Gasteiger partial charge in [-0.05, 0) is 47.7 Å². The third-order valence-electron chi connectivity index (χ3n) is 4.22. The van der Waals surface area contributed by atoms with Crippen molar-refractivity contribution >= 4 is 22.5 Å². The molecule has 0 spiro atoms. The number of aryl methyl sites for hydroxylation is 1. The van der Waals surface area contributed by atoms with Gasteiger partial charge < -0.3 is 16.6 Å². The topological polar surface area (TPSA) is 127 Å². The monoisotopic (exact) mass is 363 g/mol. The minimum absolute atomic E-state index is 0.0287. The predicted molar refractivity (Wildman–Crippen MR) is 105 cm³/mol. The van der Waals surface area contributed by atoms with Crippen molar-refractivity contribution in [2.24, 2.45) is 16.5 Å². The minimum Gasteiger partial charge on any atom is -0.508 e. The number of unbranched alkanes of at least 4 members (excludes halogenated alkanes) is 1. The first kappa shape index (κ1) is 18.3. The third kappa shape index (κ3) is 4.58. The summed E-state index contributed by atoms with van der Waals surface area (Å²) in [5.74, 6) is -0.239. The molecule has 0 saturated heterocycles. The highest BCUT2D eigenvalue weighted by molar-refractivity contribution is 6.05. The van der Waals surface area contributed by atoms with Gasteiger partial charge in [-0.2, -0.15) is 0 Å². The summed E-state index contributed by atoms with van der Waals surface area (Å²) in [6, 6.07) is 11.6. The molecule has 2 aromatic carbocycles. The van der Waals surface area contributed by atoms with Gasteiger partial charge in [-0.25, -0.2) is 9.97 Å². The number of amidine groups is 1. The number of amides is 1. The number of phenolic OH excluding ortho intramolecular Hbond substituents is 1. The van der Waals surface area contributed by atoms with E-state index in [1.165, 1.54) is 18.0 Å². The van der Waals surface area contributed by atoms with Crippen LogP contribution in [0, 0.1) is 0 Å². The lowest BCUT2D eigenvalue weighted by Gasteiger charge is -2.05. The minimum atomic E-state index is -0.680. The van der Waals surface area contributed by atoms with Crippen molar-refractivity contribution in [3.8, 4) is 5.75 Å². The van der Waals surface area contributed by atoms with Crippen molar-refractivity contribution in [1.29, 1.82) is 0 Å². The van der Waals surface area contributed by atoms with Gasteiger partial charge in [0.1, 0.15) is 17.3 Å². The van der Waals surface area contributed by atoms with Crippen molar-refractivity contribution in [2.45, 2.75) is 19.3 Å². The molecular weight excluding hydrogens is 342 g/mol. The molecule has 0 aliphatic carbocycles. The molecule has 7 heteroatoms. The van der Waals surface area contributed by atoms with Crippen LogP contribution in [-0.4, -0.2) is 33.4 Å². The quantitative estimate of drug-likeness (QED) is 0.337. The fourth-order valence-electron chi connectivity index (χ4n) is 2.86. The molecule has 0 bridgehead atoms. The van der Waals surface area contributed by atoms with E-state index in [4.69, 9.17) is 11.5 Å². The number of phenols is 1. The number of carbonyl (C=O) groups excluding carboxylic acids is 1. The SMILES string of the molecule is NC(=O)c1nccnc1C(N)=NCCCCc1ccc2cc(O)ccc2c1. The van der Waals surface area contributed by atoms with Gasteiger partial charge in [-0.1, -0.05) is 24.3 Å². The van der Waals surface area contributed by atoms with E-state index in [2.05, 4.69) is 27.1 Å². The molecule has 1 heterocycles. The summed E-state index contributed by atoms with van der Waals surface area (Å²) in [5.41, 5.74) is 12.7. The number of hydrogen-bond acceptors (Lipinski definition) is 5. The predicted octanol–water partition coefficient (Wildman–Crippen LogP) is 2.16. The van der Waals surface area contributed by atoms with Crippen molar-refractivity contribution < 1.29 is 9.90 Å². The van der Waals surface area contributed by atoms with E-state index in [1.54, 1.807) is 12.1 Å². The van der Waals surface area contributed by atoms with Crippen LogP contribution >= 0.6 is 0 Å². The number of aromatic hydroxyl groups is 1. The second-order valence-electron chi connectivity index (χ2n) is 6.21. The van der Waals surface area contributed by atoms with E-state index < -0.39 is 5.91 Å². The second-order valence-corrected chi connectivity index (χ2v) is 6.21. The Kier molecular flexibility index (Phi) is 5.61. The highest BCUT2D eigenvalue weighted by Gasteiger charge is 2.13. The molecule has 1 amide bonds. The average Bonchev–Trinajstić information content (AvgIpc) is 2.67. The number of hydrogen-bond donors (Lipinski definition) is 3. The van der Waals surface area contributed by atoms with Gasteiger partial charge in [0.2, 0.25) is 0 Å². The van der Waals surface area contributed by atoms with Crippen LogP contribution in [0.3, 0.4) is 0 Å². The molecule has 0 aliphatic heterocycles. The highest BCUT2D eigenvalue weighted by atomic mass is 16.3. The van der Waals surface area contributed by atoms with Gasteiger partial charge >= 0.3 is 0 Å².